The second-order valence-corrected chi connectivity index (χ2v) is 6.71. The first kappa shape index (κ1) is 16.4. The number of nitrogens with one attached hydrogen (secondary N) is 1. The van der Waals surface area contributed by atoms with Crippen LogP contribution < -0.4 is 10.1 Å². The molecule has 0 atom stereocenters. The minimum absolute atomic E-state index is 0.0857. The van der Waals surface area contributed by atoms with Crippen LogP contribution in [0.1, 0.15) is 5.56 Å². The van der Waals surface area contributed by atoms with Crippen molar-refractivity contribution in [1.82, 2.24) is 9.38 Å². The molecule has 0 radical (unpaired) electrons. The Morgan fingerprint density at radius 3 is 2.96 bits per heavy atom. The Bertz CT molecular complexity index is 1040. The molecule has 4 rings (SSSR count). The molecule has 2 aromatic heterocycles. The fraction of sp³-hybridized carbons (Fsp3) is 0.100. The minimum atomic E-state index is -0.0857. The number of imidazole rings is 1. The summed E-state index contributed by atoms with van der Waals surface area (Å²) in [6.45, 7) is 0. The quantitative estimate of drug-likeness (QED) is 0.577. The van der Waals surface area contributed by atoms with Gasteiger partial charge < -0.3 is 10.1 Å². The Morgan fingerprint density at radius 1 is 1.23 bits per heavy atom. The van der Waals surface area contributed by atoms with Crippen LogP contribution in [0.5, 0.6) is 5.75 Å². The Morgan fingerprint density at radius 2 is 2.12 bits per heavy atom. The van der Waals surface area contributed by atoms with Gasteiger partial charge in [0.15, 0.2) is 4.96 Å². The summed E-state index contributed by atoms with van der Waals surface area (Å²) in [6.07, 6.45) is 4.23. The van der Waals surface area contributed by atoms with E-state index in [4.69, 9.17) is 4.74 Å². The highest BCUT2D eigenvalue weighted by molar-refractivity contribution is 7.15. The fourth-order valence-electron chi connectivity index (χ4n) is 2.85. The maximum Gasteiger partial charge on any atom is 0.228 e. The molecule has 0 aliphatic heterocycles. The zero-order valence-electron chi connectivity index (χ0n) is 14.2. The summed E-state index contributed by atoms with van der Waals surface area (Å²) in [7, 11) is 1.61. The van der Waals surface area contributed by atoms with Crippen molar-refractivity contribution in [2.24, 2.45) is 0 Å². The van der Waals surface area contributed by atoms with E-state index in [0.29, 0.717) is 0 Å². The smallest absolute Gasteiger partial charge is 0.228 e. The van der Waals surface area contributed by atoms with Gasteiger partial charge in [-0.25, -0.2) is 4.98 Å². The van der Waals surface area contributed by atoms with Crippen LogP contribution in [0.15, 0.2) is 66.3 Å². The number of benzene rings is 2. The summed E-state index contributed by atoms with van der Waals surface area (Å²) >= 11 is 1.59. The van der Waals surface area contributed by atoms with Crippen LogP contribution in [0.25, 0.3) is 16.2 Å². The van der Waals surface area contributed by atoms with Crippen molar-refractivity contribution in [3.63, 3.8) is 0 Å². The SMILES string of the molecule is COc1ccccc1CC(=O)Nc1cccc(-c2cn3ccsc3n2)c1. The van der Waals surface area contributed by atoms with Crippen molar-refractivity contribution in [3.8, 4) is 17.0 Å². The molecular formula is C20H17N3O2S. The molecule has 0 bridgehead atoms. The third-order valence-electron chi connectivity index (χ3n) is 4.08. The number of aromatic nitrogens is 2. The summed E-state index contributed by atoms with van der Waals surface area (Å²) in [5.41, 5.74) is 3.46. The molecule has 1 N–H and O–H groups in total. The average Bonchev–Trinajstić information content (AvgIpc) is 3.24. The summed E-state index contributed by atoms with van der Waals surface area (Å²) in [5, 5.41) is 4.95. The third kappa shape index (κ3) is 3.32. The molecule has 4 aromatic rings. The van der Waals surface area contributed by atoms with Gasteiger partial charge >= 0.3 is 0 Å². The van der Waals surface area contributed by atoms with Crippen LogP contribution in [0, 0.1) is 0 Å². The molecule has 0 spiro atoms. The van der Waals surface area contributed by atoms with Gasteiger partial charge in [-0.3, -0.25) is 9.20 Å². The van der Waals surface area contributed by atoms with Crippen molar-refractivity contribution in [3.05, 3.63) is 71.9 Å². The molecule has 26 heavy (non-hydrogen) atoms. The topological polar surface area (TPSA) is 55.6 Å². The van der Waals surface area contributed by atoms with E-state index >= 15 is 0 Å². The van der Waals surface area contributed by atoms with Crippen molar-refractivity contribution < 1.29 is 9.53 Å². The monoisotopic (exact) mass is 363 g/mol. The highest BCUT2D eigenvalue weighted by Crippen LogP contribution is 2.24. The molecule has 2 aromatic carbocycles. The van der Waals surface area contributed by atoms with E-state index in [1.54, 1.807) is 18.4 Å². The molecule has 0 saturated heterocycles. The van der Waals surface area contributed by atoms with Gasteiger partial charge in [0.25, 0.3) is 0 Å². The molecule has 0 saturated carbocycles. The van der Waals surface area contributed by atoms with Crippen molar-refractivity contribution >= 4 is 27.9 Å². The number of carbonyl (C=O) groups excluding carboxylic acids is 1. The fourth-order valence-corrected chi connectivity index (χ4v) is 3.55. The molecule has 1 amide bonds. The average molecular weight is 363 g/mol. The molecule has 2 heterocycles. The lowest BCUT2D eigenvalue weighted by molar-refractivity contribution is -0.115. The van der Waals surface area contributed by atoms with Crippen molar-refractivity contribution in [1.29, 1.82) is 0 Å². The number of para-hydroxylation sites is 1. The third-order valence-corrected chi connectivity index (χ3v) is 4.85. The standard InChI is InChI=1S/C20H17N3O2S/c1-25-18-8-3-2-5-15(18)12-19(24)21-16-7-4-6-14(11-16)17-13-23-9-10-26-20(23)22-17/h2-11,13H,12H2,1H3,(H,21,24). The van der Waals surface area contributed by atoms with E-state index in [9.17, 15) is 4.79 Å². The Balaban J connectivity index is 1.51. The second kappa shape index (κ2) is 7.01. The van der Waals surface area contributed by atoms with Gasteiger partial charge in [0, 0.05) is 34.6 Å². The van der Waals surface area contributed by atoms with Gasteiger partial charge in [0.2, 0.25) is 5.91 Å². The number of fused-ring (bicyclic) bond motifs is 1. The minimum Gasteiger partial charge on any atom is -0.496 e. The van der Waals surface area contributed by atoms with Crippen LogP contribution in [-0.2, 0) is 11.2 Å². The highest BCUT2D eigenvalue weighted by atomic mass is 32.1. The molecule has 5 nitrogen and oxygen atoms in total. The lowest BCUT2D eigenvalue weighted by Gasteiger charge is -2.09. The maximum absolute atomic E-state index is 12.4. The number of carbonyl (C=O) groups is 1. The first-order chi connectivity index (χ1) is 12.7. The van der Waals surface area contributed by atoms with Crippen LogP contribution in [0.2, 0.25) is 0 Å². The largest absolute Gasteiger partial charge is 0.496 e. The normalized spacial score (nSPS) is 10.8. The van der Waals surface area contributed by atoms with Gasteiger partial charge in [-0.05, 0) is 18.2 Å². The molecular weight excluding hydrogens is 346 g/mol. The van der Waals surface area contributed by atoms with Crippen LogP contribution >= 0.6 is 11.3 Å². The van der Waals surface area contributed by atoms with Crippen LogP contribution in [0.4, 0.5) is 5.69 Å². The van der Waals surface area contributed by atoms with Gasteiger partial charge in [-0.15, -0.1) is 11.3 Å². The van der Waals surface area contributed by atoms with Gasteiger partial charge in [0.1, 0.15) is 5.75 Å². The number of amides is 1. The molecule has 0 aliphatic carbocycles. The summed E-state index contributed by atoms with van der Waals surface area (Å²) < 4.78 is 7.30. The lowest BCUT2D eigenvalue weighted by Crippen LogP contribution is -2.14. The van der Waals surface area contributed by atoms with Gasteiger partial charge in [-0.2, -0.15) is 0 Å². The number of ether oxygens (including phenoxy) is 1. The van der Waals surface area contributed by atoms with Crippen molar-refractivity contribution in [2.75, 3.05) is 12.4 Å². The van der Waals surface area contributed by atoms with Crippen LogP contribution in [-0.4, -0.2) is 22.4 Å². The molecule has 130 valence electrons. The van der Waals surface area contributed by atoms with Crippen LogP contribution in [0.3, 0.4) is 0 Å². The van der Waals surface area contributed by atoms with E-state index in [1.165, 1.54) is 0 Å². The maximum atomic E-state index is 12.4. The Labute approximate surface area is 154 Å². The van der Waals surface area contributed by atoms with Gasteiger partial charge in [-0.1, -0.05) is 30.3 Å². The van der Waals surface area contributed by atoms with E-state index in [2.05, 4.69) is 10.3 Å². The number of hydrogen-bond donors (Lipinski definition) is 1. The van der Waals surface area contributed by atoms with E-state index < -0.39 is 0 Å². The Hall–Kier alpha value is -3.12. The first-order valence-corrected chi connectivity index (χ1v) is 9.05. The zero-order valence-corrected chi connectivity index (χ0v) is 15.0. The summed E-state index contributed by atoms with van der Waals surface area (Å²) in [5.74, 6) is 0.631. The zero-order chi connectivity index (χ0) is 17.9. The van der Waals surface area contributed by atoms with E-state index in [1.807, 2.05) is 70.7 Å². The number of anilines is 1. The molecule has 6 heteroatoms. The highest BCUT2D eigenvalue weighted by Gasteiger charge is 2.10. The summed E-state index contributed by atoms with van der Waals surface area (Å²) in [6, 6.07) is 15.3. The van der Waals surface area contributed by atoms with Gasteiger partial charge in [0.05, 0.1) is 19.2 Å². The Kier molecular flexibility index (Phi) is 4.41. The lowest BCUT2D eigenvalue weighted by atomic mass is 10.1. The molecule has 0 unspecified atom stereocenters. The molecule has 0 fully saturated rings. The number of nitrogens with zero attached hydrogens (tertiary/aromatic N) is 2. The second-order valence-electron chi connectivity index (χ2n) is 5.84. The predicted molar refractivity (Wildman–Crippen MR) is 104 cm³/mol. The number of hydrogen-bond acceptors (Lipinski definition) is 4. The number of methoxy groups -OCH3 is 1. The summed E-state index contributed by atoms with van der Waals surface area (Å²) in [4.78, 5) is 18.0. The number of rotatable bonds is 5. The van der Waals surface area contributed by atoms with Crippen molar-refractivity contribution in [2.45, 2.75) is 6.42 Å². The number of thiazole rings is 1. The first-order valence-electron chi connectivity index (χ1n) is 8.17. The predicted octanol–water partition coefficient (Wildman–Crippen LogP) is 4.25. The van der Waals surface area contributed by atoms with E-state index in [-0.39, 0.29) is 12.3 Å². The van der Waals surface area contributed by atoms with E-state index in [0.717, 1.165) is 33.2 Å². The molecule has 0 aliphatic rings.